The van der Waals surface area contributed by atoms with E-state index in [2.05, 4.69) is 0 Å². The molecule has 1 unspecified atom stereocenters. The van der Waals surface area contributed by atoms with Crippen molar-refractivity contribution in [3.05, 3.63) is 71.0 Å². The van der Waals surface area contributed by atoms with Crippen LogP contribution in [0.15, 0.2) is 54.1 Å². The van der Waals surface area contributed by atoms with Gasteiger partial charge in [-0.25, -0.2) is 4.39 Å². The summed E-state index contributed by atoms with van der Waals surface area (Å²) in [5, 5.41) is 11.2. The summed E-state index contributed by atoms with van der Waals surface area (Å²) in [6.07, 6.45) is 0.525. The average molecular weight is 437 g/mol. The van der Waals surface area contributed by atoms with E-state index in [9.17, 15) is 23.9 Å². The largest absolute Gasteiger partial charge is 0.507 e. The summed E-state index contributed by atoms with van der Waals surface area (Å²) in [6.45, 7) is 0.791. The van der Waals surface area contributed by atoms with Gasteiger partial charge < -0.3 is 19.8 Å². The highest BCUT2D eigenvalue weighted by molar-refractivity contribution is 6.50. The Morgan fingerprint density at radius 3 is 2.38 bits per heavy atom. The predicted octanol–water partition coefficient (Wildman–Crippen LogP) is 2.33. The second kappa shape index (κ2) is 7.87. The van der Waals surface area contributed by atoms with E-state index in [1.165, 1.54) is 21.9 Å². The first kappa shape index (κ1) is 21.7. The van der Waals surface area contributed by atoms with Crippen molar-refractivity contribution in [3.63, 3.8) is 0 Å². The van der Waals surface area contributed by atoms with E-state index in [0.717, 1.165) is 12.1 Å². The second-order valence-corrected chi connectivity index (χ2v) is 8.26. The number of halogens is 1. The molecular weight excluding hydrogens is 413 g/mol. The summed E-state index contributed by atoms with van der Waals surface area (Å²) < 4.78 is 13.4. The third kappa shape index (κ3) is 3.02. The number of rotatable bonds is 5. The number of aliphatic hydroxyl groups excluding tert-OH is 1. The number of amides is 2. The SMILES string of the molecule is CN(C)CCCN1C(=O)C(=O)/C(=C(\O)c2ccc(F)cc2)C12C(=O)N(C)c1ccccc12. The van der Waals surface area contributed by atoms with Crippen LogP contribution in [0.4, 0.5) is 10.1 Å². The van der Waals surface area contributed by atoms with Gasteiger partial charge in [-0.05, 0) is 57.4 Å². The highest BCUT2D eigenvalue weighted by Crippen LogP contribution is 2.53. The van der Waals surface area contributed by atoms with Crippen LogP contribution in [-0.4, -0.2) is 66.7 Å². The maximum atomic E-state index is 13.7. The van der Waals surface area contributed by atoms with Crippen LogP contribution in [-0.2, 0) is 19.9 Å². The maximum Gasteiger partial charge on any atom is 0.296 e. The van der Waals surface area contributed by atoms with E-state index >= 15 is 0 Å². The van der Waals surface area contributed by atoms with Crippen molar-refractivity contribution >= 4 is 29.0 Å². The van der Waals surface area contributed by atoms with Gasteiger partial charge in [-0.15, -0.1) is 0 Å². The molecule has 1 spiro atoms. The van der Waals surface area contributed by atoms with Crippen molar-refractivity contribution in [2.75, 3.05) is 39.1 Å². The minimum Gasteiger partial charge on any atom is -0.507 e. The molecule has 2 aliphatic rings. The Kier molecular flexibility index (Phi) is 5.34. The minimum absolute atomic E-state index is 0.150. The topological polar surface area (TPSA) is 81.2 Å². The van der Waals surface area contributed by atoms with Crippen molar-refractivity contribution in [1.29, 1.82) is 0 Å². The molecule has 4 rings (SSSR count). The maximum absolute atomic E-state index is 13.7. The summed E-state index contributed by atoms with van der Waals surface area (Å²) in [5.41, 5.74) is -0.899. The minimum atomic E-state index is -1.77. The number of carbonyl (C=O) groups excluding carboxylic acids is 3. The quantitative estimate of drug-likeness (QED) is 0.441. The average Bonchev–Trinajstić information content (AvgIpc) is 3.13. The number of carbonyl (C=O) groups is 3. The van der Waals surface area contributed by atoms with Crippen LogP contribution in [0.2, 0.25) is 0 Å². The van der Waals surface area contributed by atoms with Gasteiger partial charge in [0.1, 0.15) is 11.6 Å². The molecule has 1 saturated heterocycles. The molecule has 0 saturated carbocycles. The number of fused-ring (bicyclic) bond motifs is 2. The number of ketones is 1. The van der Waals surface area contributed by atoms with Crippen molar-refractivity contribution in [3.8, 4) is 0 Å². The Bertz CT molecular complexity index is 1140. The first-order valence-corrected chi connectivity index (χ1v) is 10.3. The molecule has 7 nitrogen and oxygen atoms in total. The molecule has 32 heavy (non-hydrogen) atoms. The Morgan fingerprint density at radius 2 is 1.72 bits per heavy atom. The van der Waals surface area contributed by atoms with Crippen LogP contribution in [0.5, 0.6) is 0 Å². The molecule has 0 radical (unpaired) electrons. The number of hydrogen-bond donors (Lipinski definition) is 1. The zero-order chi connectivity index (χ0) is 23.2. The van der Waals surface area contributed by atoms with Crippen molar-refractivity contribution < 1.29 is 23.9 Å². The van der Waals surface area contributed by atoms with Crippen molar-refractivity contribution in [2.24, 2.45) is 0 Å². The molecule has 1 fully saturated rings. The van der Waals surface area contributed by atoms with Crippen LogP contribution in [0.25, 0.3) is 5.76 Å². The van der Waals surface area contributed by atoms with Crippen LogP contribution in [0.3, 0.4) is 0 Å². The van der Waals surface area contributed by atoms with Gasteiger partial charge in [0.2, 0.25) is 0 Å². The summed E-state index contributed by atoms with van der Waals surface area (Å²) >= 11 is 0. The third-order valence-electron chi connectivity index (χ3n) is 6.04. The van der Waals surface area contributed by atoms with Gasteiger partial charge in [-0.3, -0.25) is 14.4 Å². The molecule has 166 valence electrons. The number of hydrogen-bond acceptors (Lipinski definition) is 5. The molecule has 2 heterocycles. The lowest BCUT2D eigenvalue weighted by Gasteiger charge is -2.34. The van der Waals surface area contributed by atoms with E-state index in [4.69, 9.17) is 0 Å². The number of Topliss-reactive ketones (excluding diaryl/α,β-unsaturated/α-hetero) is 1. The number of para-hydroxylation sites is 1. The lowest BCUT2D eigenvalue weighted by atomic mass is 9.82. The van der Waals surface area contributed by atoms with Gasteiger partial charge in [0.05, 0.1) is 5.57 Å². The van der Waals surface area contributed by atoms with Crippen LogP contribution < -0.4 is 4.90 Å². The molecule has 0 aromatic heterocycles. The zero-order valence-electron chi connectivity index (χ0n) is 18.1. The fraction of sp³-hybridized carbons (Fsp3) is 0.292. The van der Waals surface area contributed by atoms with E-state index in [0.29, 0.717) is 24.2 Å². The standard InChI is InChI=1S/C24H24FN3O4/c1-26(2)13-6-14-28-22(31)21(30)19(20(29)15-9-11-16(25)12-10-15)24(28)17-7-4-5-8-18(17)27(3)23(24)32/h4-5,7-12,29H,6,13-14H2,1-3H3/b20-19+. The van der Waals surface area contributed by atoms with Gasteiger partial charge in [0.15, 0.2) is 5.54 Å². The van der Waals surface area contributed by atoms with Crippen LogP contribution >= 0.6 is 0 Å². The van der Waals surface area contributed by atoms with Crippen molar-refractivity contribution in [1.82, 2.24) is 9.80 Å². The van der Waals surface area contributed by atoms with Gasteiger partial charge in [0.25, 0.3) is 17.6 Å². The summed E-state index contributed by atoms with van der Waals surface area (Å²) in [7, 11) is 5.36. The number of benzene rings is 2. The molecule has 1 N–H and O–H groups in total. The highest BCUT2D eigenvalue weighted by Gasteiger charge is 2.66. The van der Waals surface area contributed by atoms with Crippen molar-refractivity contribution in [2.45, 2.75) is 12.0 Å². The lowest BCUT2D eigenvalue weighted by Crippen LogP contribution is -2.51. The molecule has 0 bridgehead atoms. The van der Waals surface area contributed by atoms with Gasteiger partial charge in [-0.1, -0.05) is 18.2 Å². The monoisotopic (exact) mass is 437 g/mol. The smallest absolute Gasteiger partial charge is 0.296 e. The van der Waals surface area contributed by atoms with Gasteiger partial charge >= 0.3 is 0 Å². The first-order chi connectivity index (χ1) is 15.2. The molecule has 0 aliphatic carbocycles. The van der Waals surface area contributed by atoms with E-state index < -0.39 is 34.7 Å². The molecule has 2 amide bonds. The Labute approximate surface area is 185 Å². The summed E-state index contributed by atoms with van der Waals surface area (Å²) in [4.78, 5) is 44.8. The predicted molar refractivity (Wildman–Crippen MR) is 117 cm³/mol. The molecule has 1 atom stereocenters. The fourth-order valence-electron chi connectivity index (χ4n) is 4.57. The Morgan fingerprint density at radius 1 is 1.06 bits per heavy atom. The first-order valence-electron chi connectivity index (χ1n) is 10.3. The Hall–Kier alpha value is -3.52. The number of aliphatic hydroxyl groups is 1. The number of nitrogens with zero attached hydrogens (tertiary/aromatic N) is 3. The number of anilines is 1. The highest BCUT2D eigenvalue weighted by atomic mass is 19.1. The molecule has 8 heteroatoms. The molecule has 2 aromatic rings. The van der Waals surface area contributed by atoms with Gasteiger partial charge in [0, 0.05) is 30.4 Å². The molecular formula is C24H24FN3O4. The van der Waals surface area contributed by atoms with E-state index in [-0.39, 0.29) is 17.7 Å². The van der Waals surface area contributed by atoms with E-state index in [1.54, 1.807) is 31.3 Å². The molecule has 2 aliphatic heterocycles. The number of likely N-dealkylation sites (N-methyl/N-ethyl adjacent to an activating group) is 1. The van der Waals surface area contributed by atoms with E-state index in [1.807, 2.05) is 19.0 Å². The lowest BCUT2D eigenvalue weighted by molar-refractivity contribution is -0.143. The van der Waals surface area contributed by atoms with Crippen LogP contribution in [0, 0.1) is 5.82 Å². The van der Waals surface area contributed by atoms with Crippen LogP contribution in [0.1, 0.15) is 17.5 Å². The second-order valence-electron chi connectivity index (χ2n) is 8.26. The zero-order valence-corrected chi connectivity index (χ0v) is 18.1. The fourth-order valence-corrected chi connectivity index (χ4v) is 4.57. The summed E-state index contributed by atoms with van der Waals surface area (Å²) in [5.74, 6) is -3.29. The molecule has 2 aromatic carbocycles. The van der Waals surface area contributed by atoms with Gasteiger partial charge in [-0.2, -0.15) is 0 Å². The third-order valence-corrected chi connectivity index (χ3v) is 6.04. The normalized spacial score (nSPS) is 21.8. The summed E-state index contributed by atoms with van der Waals surface area (Å²) in [6, 6.07) is 11.8. The Balaban J connectivity index is 1.98. The number of likely N-dealkylation sites (tertiary alicyclic amines) is 1.